The summed E-state index contributed by atoms with van der Waals surface area (Å²) in [7, 11) is 1.25. The summed E-state index contributed by atoms with van der Waals surface area (Å²) in [6, 6.07) is 9.16. The fourth-order valence-corrected chi connectivity index (χ4v) is 3.92. The number of carboxylic acids is 1. The standard InChI is InChI=1S/C22H28N2O6S/c1-13-16(14(2)19(25)29-3)18(22(23,21(27)28)10-11-31-4)24-17(13)20(26)30-12-15-8-6-5-7-9-15/h5-9,14,24H,10-12,23H2,1-4H3,(H,27,28). The molecule has 0 spiro atoms. The van der Waals surface area contributed by atoms with Gasteiger partial charge in [0.1, 0.15) is 12.3 Å². The molecule has 0 amide bonds. The van der Waals surface area contributed by atoms with Gasteiger partial charge in [0.2, 0.25) is 0 Å². The number of H-pyrrole nitrogens is 1. The summed E-state index contributed by atoms with van der Waals surface area (Å²) < 4.78 is 10.2. The minimum absolute atomic E-state index is 0.0501. The maximum atomic E-state index is 12.8. The first kappa shape index (κ1) is 24.5. The number of hydrogen-bond acceptors (Lipinski definition) is 7. The maximum absolute atomic E-state index is 12.8. The van der Waals surface area contributed by atoms with Crippen LogP contribution < -0.4 is 5.73 Å². The van der Waals surface area contributed by atoms with Crippen molar-refractivity contribution in [2.24, 2.45) is 5.73 Å². The lowest BCUT2D eigenvalue weighted by atomic mass is 9.85. The number of hydrogen-bond donors (Lipinski definition) is 3. The van der Waals surface area contributed by atoms with Crippen molar-refractivity contribution in [2.75, 3.05) is 19.1 Å². The summed E-state index contributed by atoms with van der Waals surface area (Å²) >= 11 is 1.45. The summed E-state index contributed by atoms with van der Waals surface area (Å²) in [5.74, 6) is -2.84. The van der Waals surface area contributed by atoms with E-state index in [0.29, 0.717) is 16.9 Å². The molecule has 2 aromatic rings. The number of nitrogens with two attached hydrogens (primary N) is 1. The number of benzene rings is 1. The molecule has 31 heavy (non-hydrogen) atoms. The Labute approximate surface area is 185 Å². The highest BCUT2D eigenvalue weighted by Gasteiger charge is 2.42. The molecule has 2 unspecified atom stereocenters. The molecule has 168 valence electrons. The van der Waals surface area contributed by atoms with Gasteiger partial charge in [0.05, 0.1) is 18.7 Å². The van der Waals surface area contributed by atoms with E-state index in [0.717, 1.165) is 5.56 Å². The zero-order valence-electron chi connectivity index (χ0n) is 18.1. The second-order valence-electron chi connectivity index (χ2n) is 7.24. The molecule has 0 saturated carbocycles. The lowest BCUT2D eigenvalue weighted by Crippen LogP contribution is -2.46. The monoisotopic (exact) mass is 448 g/mol. The molecule has 0 aliphatic carbocycles. The van der Waals surface area contributed by atoms with E-state index < -0.39 is 29.4 Å². The van der Waals surface area contributed by atoms with Gasteiger partial charge in [-0.1, -0.05) is 30.3 Å². The van der Waals surface area contributed by atoms with Crippen molar-refractivity contribution in [2.45, 2.75) is 38.3 Å². The summed E-state index contributed by atoms with van der Waals surface area (Å²) in [6.07, 6.45) is 1.94. The molecule has 2 atom stereocenters. The van der Waals surface area contributed by atoms with E-state index in [-0.39, 0.29) is 24.4 Å². The van der Waals surface area contributed by atoms with Gasteiger partial charge in [-0.05, 0) is 49.0 Å². The van der Waals surface area contributed by atoms with Gasteiger partial charge in [-0.25, -0.2) is 9.59 Å². The van der Waals surface area contributed by atoms with Crippen molar-refractivity contribution in [1.29, 1.82) is 0 Å². The number of ether oxygens (including phenoxy) is 2. The van der Waals surface area contributed by atoms with Crippen LogP contribution in [0, 0.1) is 6.92 Å². The van der Waals surface area contributed by atoms with Crippen molar-refractivity contribution < 1.29 is 29.0 Å². The maximum Gasteiger partial charge on any atom is 0.355 e. The van der Waals surface area contributed by atoms with E-state index in [2.05, 4.69) is 4.98 Å². The normalized spacial score (nSPS) is 13.8. The van der Waals surface area contributed by atoms with Crippen molar-refractivity contribution in [3.63, 3.8) is 0 Å². The summed E-state index contributed by atoms with van der Waals surface area (Å²) in [6.45, 7) is 3.26. The summed E-state index contributed by atoms with van der Waals surface area (Å²) in [4.78, 5) is 40.1. The fourth-order valence-electron chi connectivity index (χ4n) is 3.40. The lowest BCUT2D eigenvalue weighted by molar-refractivity contribution is -0.145. The number of nitrogens with one attached hydrogen (secondary N) is 1. The van der Waals surface area contributed by atoms with Gasteiger partial charge in [-0.15, -0.1) is 0 Å². The molecule has 9 heteroatoms. The smallest absolute Gasteiger partial charge is 0.355 e. The number of aliphatic carboxylic acids is 1. The van der Waals surface area contributed by atoms with Crippen LogP contribution in [0.5, 0.6) is 0 Å². The second kappa shape index (κ2) is 10.5. The van der Waals surface area contributed by atoms with Gasteiger partial charge in [0.25, 0.3) is 0 Å². The van der Waals surface area contributed by atoms with Crippen molar-refractivity contribution in [3.05, 3.63) is 58.4 Å². The zero-order chi connectivity index (χ0) is 23.2. The number of methoxy groups -OCH3 is 1. The Kier molecular flexibility index (Phi) is 8.29. The molecule has 0 aliphatic heterocycles. The predicted octanol–water partition coefficient (Wildman–Crippen LogP) is 2.95. The van der Waals surface area contributed by atoms with Crippen molar-refractivity contribution in [1.82, 2.24) is 4.98 Å². The molecule has 2 rings (SSSR count). The van der Waals surface area contributed by atoms with Gasteiger partial charge >= 0.3 is 17.9 Å². The fraction of sp³-hybridized carbons (Fsp3) is 0.409. The highest BCUT2D eigenvalue weighted by atomic mass is 32.2. The van der Waals surface area contributed by atoms with E-state index >= 15 is 0 Å². The first-order valence-electron chi connectivity index (χ1n) is 9.70. The van der Waals surface area contributed by atoms with Crippen LogP contribution in [0.1, 0.15) is 52.1 Å². The van der Waals surface area contributed by atoms with Crippen LogP contribution in [0.15, 0.2) is 30.3 Å². The Balaban J connectivity index is 2.52. The quantitative estimate of drug-likeness (QED) is 0.473. The Morgan fingerprint density at radius 3 is 2.45 bits per heavy atom. The van der Waals surface area contributed by atoms with Gasteiger partial charge in [-0.2, -0.15) is 11.8 Å². The van der Waals surface area contributed by atoms with Gasteiger partial charge in [-0.3, -0.25) is 4.79 Å². The number of carbonyl (C=O) groups excluding carboxylic acids is 2. The molecule has 8 nitrogen and oxygen atoms in total. The van der Waals surface area contributed by atoms with Crippen molar-refractivity contribution >= 4 is 29.7 Å². The molecule has 0 aliphatic rings. The van der Waals surface area contributed by atoms with Gasteiger partial charge in [0.15, 0.2) is 5.54 Å². The number of thioether (sulfide) groups is 1. The highest BCUT2D eigenvalue weighted by Crippen LogP contribution is 2.36. The minimum atomic E-state index is -1.82. The molecular weight excluding hydrogens is 420 g/mol. The molecule has 0 saturated heterocycles. The second-order valence-corrected chi connectivity index (χ2v) is 8.23. The Hall–Kier alpha value is -2.78. The molecule has 0 bridgehead atoms. The topological polar surface area (TPSA) is 132 Å². The first-order chi connectivity index (χ1) is 14.7. The predicted molar refractivity (Wildman–Crippen MR) is 118 cm³/mol. The SMILES string of the molecule is COC(=O)C(C)c1c(C(N)(CCSC)C(=O)O)[nH]c(C(=O)OCc2ccccc2)c1C. The Bertz CT molecular complexity index is 943. The van der Waals surface area contributed by atoms with Crippen LogP contribution in [-0.4, -0.2) is 47.1 Å². The van der Waals surface area contributed by atoms with Crippen LogP contribution in [-0.2, 0) is 31.2 Å². The zero-order valence-corrected chi connectivity index (χ0v) is 18.9. The van der Waals surface area contributed by atoms with E-state index in [9.17, 15) is 19.5 Å². The summed E-state index contributed by atoms with van der Waals surface area (Å²) in [5, 5.41) is 9.92. The molecule has 0 radical (unpaired) electrons. The third kappa shape index (κ3) is 5.29. The average molecular weight is 449 g/mol. The number of aromatic amines is 1. The third-order valence-corrected chi connectivity index (χ3v) is 5.84. The molecule has 1 heterocycles. The summed E-state index contributed by atoms with van der Waals surface area (Å²) in [5.41, 5.74) is 6.24. The largest absolute Gasteiger partial charge is 0.480 e. The van der Waals surface area contributed by atoms with E-state index in [1.165, 1.54) is 18.9 Å². The molecular formula is C22H28N2O6S. The first-order valence-corrected chi connectivity index (χ1v) is 11.1. The number of carboxylic acid groups (broad SMARTS) is 1. The number of rotatable bonds is 10. The minimum Gasteiger partial charge on any atom is -0.480 e. The molecule has 1 aromatic carbocycles. The van der Waals surface area contributed by atoms with Gasteiger partial charge in [0, 0.05) is 0 Å². The number of carbonyl (C=O) groups is 3. The van der Waals surface area contributed by atoms with Gasteiger partial charge < -0.3 is 25.3 Å². The Morgan fingerprint density at radius 1 is 1.26 bits per heavy atom. The average Bonchev–Trinajstić information content (AvgIpc) is 3.12. The highest BCUT2D eigenvalue weighted by molar-refractivity contribution is 7.98. The van der Waals surface area contributed by atoms with Crippen LogP contribution in [0.25, 0.3) is 0 Å². The molecule has 1 aromatic heterocycles. The van der Waals surface area contributed by atoms with E-state index in [1.807, 2.05) is 36.6 Å². The Morgan fingerprint density at radius 2 is 1.90 bits per heavy atom. The van der Waals surface area contributed by atoms with Crippen molar-refractivity contribution in [3.8, 4) is 0 Å². The van der Waals surface area contributed by atoms with Crippen LogP contribution >= 0.6 is 11.8 Å². The molecule has 4 N–H and O–H groups in total. The van der Waals surface area contributed by atoms with Crippen LogP contribution in [0.2, 0.25) is 0 Å². The van der Waals surface area contributed by atoms with Crippen LogP contribution in [0.4, 0.5) is 0 Å². The van der Waals surface area contributed by atoms with Crippen LogP contribution in [0.3, 0.4) is 0 Å². The lowest BCUT2D eigenvalue weighted by Gasteiger charge is -2.26. The van der Waals surface area contributed by atoms with E-state index in [4.69, 9.17) is 15.2 Å². The number of aromatic nitrogens is 1. The number of esters is 2. The van der Waals surface area contributed by atoms with E-state index in [1.54, 1.807) is 13.8 Å². The third-order valence-electron chi connectivity index (χ3n) is 5.23. The molecule has 0 fully saturated rings.